The van der Waals surface area contributed by atoms with Crippen molar-refractivity contribution in [3.05, 3.63) is 22.4 Å². The number of aliphatic carboxylic acids is 1. The van der Waals surface area contributed by atoms with Crippen molar-refractivity contribution in [1.29, 1.82) is 0 Å². The first-order valence-corrected chi connectivity index (χ1v) is 7.24. The van der Waals surface area contributed by atoms with Crippen LogP contribution in [0.25, 0.3) is 0 Å². The second-order valence-corrected chi connectivity index (χ2v) is 5.24. The fraction of sp³-hybridized carbons (Fsp3) is 0.538. The maximum absolute atomic E-state index is 11.6. The van der Waals surface area contributed by atoms with Crippen molar-refractivity contribution in [2.75, 3.05) is 6.54 Å². The number of carboxylic acid groups (broad SMARTS) is 1. The number of carboxylic acids is 1. The van der Waals surface area contributed by atoms with Gasteiger partial charge in [0.05, 0.1) is 5.41 Å². The molecule has 0 atom stereocenters. The molecule has 2 amide bonds. The van der Waals surface area contributed by atoms with E-state index in [-0.39, 0.29) is 12.6 Å². The fourth-order valence-corrected chi connectivity index (χ4v) is 2.43. The summed E-state index contributed by atoms with van der Waals surface area (Å²) in [4.78, 5) is 22.9. The van der Waals surface area contributed by atoms with Gasteiger partial charge in [0.2, 0.25) is 0 Å². The van der Waals surface area contributed by atoms with E-state index in [1.807, 2.05) is 30.7 Å². The van der Waals surface area contributed by atoms with Gasteiger partial charge < -0.3 is 15.7 Å². The lowest BCUT2D eigenvalue weighted by Gasteiger charge is -2.26. The number of rotatable bonds is 7. The molecule has 0 unspecified atom stereocenters. The molecular formula is C13H20N2O3S. The summed E-state index contributed by atoms with van der Waals surface area (Å²) in [6.07, 6.45) is 0.979. The highest BCUT2D eigenvalue weighted by Gasteiger charge is 2.35. The van der Waals surface area contributed by atoms with Crippen LogP contribution in [0.15, 0.2) is 16.8 Å². The SMILES string of the molecule is CCC(CC)(CNC(=O)NCc1ccsc1)C(=O)O. The third-order valence-electron chi connectivity index (χ3n) is 3.43. The second kappa shape index (κ2) is 7.13. The molecular weight excluding hydrogens is 264 g/mol. The molecule has 106 valence electrons. The predicted molar refractivity (Wildman–Crippen MR) is 75.2 cm³/mol. The first-order valence-electron chi connectivity index (χ1n) is 6.30. The van der Waals surface area contributed by atoms with E-state index in [4.69, 9.17) is 0 Å². The van der Waals surface area contributed by atoms with Crippen molar-refractivity contribution >= 4 is 23.3 Å². The zero-order valence-electron chi connectivity index (χ0n) is 11.2. The maximum atomic E-state index is 11.6. The number of carbonyl (C=O) groups is 2. The average Bonchev–Trinajstić information content (AvgIpc) is 2.91. The van der Waals surface area contributed by atoms with Crippen molar-refractivity contribution in [3.8, 4) is 0 Å². The van der Waals surface area contributed by atoms with Crippen LogP contribution in [-0.2, 0) is 11.3 Å². The predicted octanol–water partition coefficient (Wildman–Crippen LogP) is 2.44. The second-order valence-electron chi connectivity index (χ2n) is 4.46. The molecule has 5 nitrogen and oxygen atoms in total. The van der Waals surface area contributed by atoms with Gasteiger partial charge in [0.1, 0.15) is 0 Å². The first kappa shape index (κ1) is 15.5. The molecule has 0 aliphatic rings. The maximum Gasteiger partial charge on any atom is 0.315 e. The summed E-state index contributed by atoms with van der Waals surface area (Å²) in [6, 6.07) is 1.60. The van der Waals surface area contributed by atoms with Crippen LogP contribution in [0.4, 0.5) is 4.79 Å². The molecule has 0 saturated heterocycles. The van der Waals surface area contributed by atoms with Crippen molar-refractivity contribution < 1.29 is 14.7 Å². The van der Waals surface area contributed by atoms with Crippen LogP contribution >= 0.6 is 11.3 Å². The van der Waals surface area contributed by atoms with Gasteiger partial charge in [-0.15, -0.1) is 0 Å². The van der Waals surface area contributed by atoms with Crippen molar-refractivity contribution in [2.45, 2.75) is 33.2 Å². The third-order valence-corrected chi connectivity index (χ3v) is 4.16. The molecule has 0 radical (unpaired) electrons. The summed E-state index contributed by atoms with van der Waals surface area (Å²) in [6.45, 7) is 4.24. The van der Waals surface area contributed by atoms with Gasteiger partial charge in [0.25, 0.3) is 0 Å². The standard InChI is InChI=1S/C13H20N2O3S/c1-3-13(4-2,11(16)17)9-15-12(18)14-7-10-5-6-19-8-10/h5-6,8H,3-4,7,9H2,1-2H3,(H,16,17)(H2,14,15,18). The molecule has 0 bridgehead atoms. The Labute approximate surface area is 117 Å². The topological polar surface area (TPSA) is 78.4 Å². The molecule has 0 aromatic carbocycles. The summed E-state index contributed by atoms with van der Waals surface area (Å²) in [5, 5.41) is 18.5. The zero-order valence-corrected chi connectivity index (χ0v) is 12.0. The highest BCUT2D eigenvalue weighted by atomic mass is 32.1. The van der Waals surface area contributed by atoms with Gasteiger partial charge in [0, 0.05) is 13.1 Å². The molecule has 6 heteroatoms. The minimum absolute atomic E-state index is 0.144. The van der Waals surface area contributed by atoms with E-state index in [0.717, 1.165) is 5.56 Å². The summed E-state index contributed by atoms with van der Waals surface area (Å²) in [5.41, 5.74) is 0.162. The van der Waals surface area contributed by atoms with Crippen LogP contribution in [0.1, 0.15) is 32.3 Å². The van der Waals surface area contributed by atoms with Gasteiger partial charge in [-0.2, -0.15) is 11.3 Å². The van der Waals surface area contributed by atoms with E-state index in [1.165, 1.54) is 0 Å². The minimum Gasteiger partial charge on any atom is -0.481 e. The van der Waals surface area contributed by atoms with E-state index in [1.54, 1.807) is 11.3 Å². The van der Waals surface area contributed by atoms with Crippen molar-refractivity contribution in [3.63, 3.8) is 0 Å². The van der Waals surface area contributed by atoms with Crippen LogP contribution < -0.4 is 10.6 Å². The van der Waals surface area contributed by atoms with E-state index in [0.29, 0.717) is 19.4 Å². The number of hydrogen-bond acceptors (Lipinski definition) is 3. The third kappa shape index (κ3) is 4.24. The molecule has 19 heavy (non-hydrogen) atoms. The lowest BCUT2D eigenvalue weighted by Crippen LogP contribution is -2.45. The number of hydrogen-bond donors (Lipinski definition) is 3. The van der Waals surface area contributed by atoms with Gasteiger partial charge in [-0.1, -0.05) is 13.8 Å². The van der Waals surface area contributed by atoms with Crippen LogP contribution in [0.2, 0.25) is 0 Å². The van der Waals surface area contributed by atoms with Gasteiger partial charge in [0.15, 0.2) is 0 Å². The quantitative estimate of drug-likeness (QED) is 0.719. The lowest BCUT2D eigenvalue weighted by atomic mass is 9.82. The molecule has 1 heterocycles. The smallest absolute Gasteiger partial charge is 0.315 e. The molecule has 0 aliphatic heterocycles. The van der Waals surface area contributed by atoms with E-state index >= 15 is 0 Å². The Morgan fingerprint density at radius 2 is 2.00 bits per heavy atom. The highest BCUT2D eigenvalue weighted by Crippen LogP contribution is 2.25. The summed E-state index contributed by atoms with van der Waals surface area (Å²) in [7, 11) is 0. The van der Waals surface area contributed by atoms with Gasteiger partial charge in [-0.25, -0.2) is 4.79 Å². The van der Waals surface area contributed by atoms with Crippen LogP contribution in [0.3, 0.4) is 0 Å². The Kier molecular flexibility index (Phi) is 5.82. The molecule has 1 aromatic heterocycles. The molecule has 0 spiro atoms. The molecule has 0 fully saturated rings. The van der Waals surface area contributed by atoms with E-state index in [9.17, 15) is 14.7 Å². The Bertz CT molecular complexity index is 414. The van der Waals surface area contributed by atoms with Crippen LogP contribution in [0, 0.1) is 5.41 Å². The highest BCUT2D eigenvalue weighted by molar-refractivity contribution is 7.07. The molecule has 3 N–H and O–H groups in total. The Morgan fingerprint density at radius 3 is 2.47 bits per heavy atom. The minimum atomic E-state index is -0.875. The van der Waals surface area contributed by atoms with E-state index in [2.05, 4.69) is 10.6 Å². The van der Waals surface area contributed by atoms with Crippen LogP contribution in [0.5, 0.6) is 0 Å². The molecule has 0 aliphatic carbocycles. The van der Waals surface area contributed by atoms with Gasteiger partial charge >= 0.3 is 12.0 Å². The molecule has 1 rings (SSSR count). The van der Waals surface area contributed by atoms with Crippen LogP contribution in [-0.4, -0.2) is 23.7 Å². The normalized spacial score (nSPS) is 11.1. The monoisotopic (exact) mass is 284 g/mol. The summed E-state index contributed by atoms with van der Waals surface area (Å²) in [5.74, 6) is -0.865. The number of nitrogens with one attached hydrogen (secondary N) is 2. The fourth-order valence-electron chi connectivity index (χ4n) is 1.77. The number of carbonyl (C=O) groups excluding carboxylic acids is 1. The number of thiophene rings is 1. The average molecular weight is 284 g/mol. The molecule has 0 saturated carbocycles. The summed E-state index contributed by atoms with van der Waals surface area (Å²) < 4.78 is 0. The zero-order chi connectivity index (χ0) is 14.3. The number of amides is 2. The Balaban J connectivity index is 2.42. The van der Waals surface area contributed by atoms with E-state index < -0.39 is 11.4 Å². The largest absolute Gasteiger partial charge is 0.481 e. The lowest BCUT2D eigenvalue weighted by molar-refractivity contribution is -0.149. The Morgan fingerprint density at radius 1 is 1.32 bits per heavy atom. The molecule has 1 aromatic rings. The first-order chi connectivity index (χ1) is 9.04. The van der Waals surface area contributed by atoms with Crippen molar-refractivity contribution in [1.82, 2.24) is 10.6 Å². The number of urea groups is 1. The van der Waals surface area contributed by atoms with Gasteiger partial charge in [-0.05, 0) is 35.2 Å². The summed E-state index contributed by atoms with van der Waals surface area (Å²) >= 11 is 1.57. The van der Waals surface area contributed by atoms with Gasteiger partial charge in [-0.3, -0.25) is 4.79 Å². The van der Waals surface area contributed by atoms with Crippen molar-refractivity contribution in [2.24, 2.45) is 5.41 Å². The Hall–Kier alpha value is -1.56.